The van der Waals surface area contributed by atoms with Crippen LogP contribution in [0, 0.1) is 0 Å². The lowest BCUT2D eigenvalue weighted by Gasteiger charge is -2.22. The minimum atomic E-state index is -0.775. The van der Waals surface area contributed by atoms with Gasteiger partial charge in [0.1, 0.15) is 6.04 Å². The van der Waals surface area contributed by atoms with Gasteiger partial charge in [0.25, 0.3) is 5.91 Å². The summed E-state index contributed by atoms with van der Waals surface area (Å²) in [5.41, 5.74) is 9.93. The molecule has 1 atom stereocenters. The van der Waals surface area contributed by atoms with Crippen molar-refractivity contribution in [2.45, 2.75) is 38.1 Å². The van der Waals surface area contributed by atoms with Crippen LogP contribution in [0.15, 0.2) is 53.0 Å². The monoisotopic (exact) mass is 451 g/mol. The number of hydrogen-bond donors (Lipinski definition) is 2. The van der Waals surface area contributed by atoms with Crippen molar-refractivity contribution in [2.75, 3.05) is 0 Å². The Balaban J connectivity index is 1.72. The van der Waals surface area contributed by atoms with Crippen molar-refractivity contribution < 1.29 is 9.59 Å². The van der Waals surface area contributed by atoms with Crippen molar-refractivity contribution >= 4 is 38.6 Å². The van der Waals surface area contributed by atoms with Gasteiger partial charge in [0, 0.05) is 22.0 Å². The second-order valence-corrected chi connectivity index (χ2v) is 8.31. The van der Waals surface area contributed by atoms with E-state index in [1.165, 1.54) is 0 Å². The third-order valence-electron chi connectivity index (χ3n) is 5.38. The second kappa shape index (κ2) is 8.33. The van der Waals surface area contributed by atoms with E-state index >= 15 is 0 Å². The van der Waals surface area contributed by atoms with Crippen LogP contribution in [0.3, 0.4) is 0 Å². The van der Waals surface area contributed by atoms with Crippen LogP contribution >= 0.6 is 15.9 Å². The maximum absolute atomic E-state index is 13.4. The molecule has 4 rings (SSSR count). The Morgan fingerprint density at radius 3 is 2.62 bits per heavy atom. The highest BCUT2D eigenvalue weighted by molar-refractivity contribution is 9.10. The van der Waals surface area contributed by atoms with Gasteiger partial charge in [0.05, 0.1) is 11.1 Å². The topological polar surface area (TPSA) is 85.1 Å². The Labute approximate surface area is 177 Å². The minimum absolute atomic E-state index is 0.266. The first kappa shape index (κ1) is 19.6. The molecule has 2 aromatic carbocycles. The Kier molecular flexibility index (Phi) is 5.62. The molecule has 0 saturated heterocycles. The van der Waals surface area contributed by atoms with Gasteiger partial charge in [-0.25, -0.2) is 0 Å². The van der Waals surface area contributed by atoms with Gasteiger partial charge in [0.2, 0.25) is 5.91 Å². The summed E-state index contributed by atoms with van der Waals surface area (Å²) < 4.78 is 0.915. The molecule has 1 aromatic heterocycles. The molecule has 1 heterocycles. The maximum atomic E-state index is 13.4. The zero-order chi connectivity index (χ0) is 20.4. The fourth-order valence-electron chi connectivity index (χ4n) is 3.96. The van der Waals surface area contributed by atoms with Gasteiger partial charge < -0.3 is 11.1 Å². The van der Waals surface area contributed by atoms with Crippen LogP contribution in [0.25, 0.3) is 10.9 Å². The maximum Gasteiger partial charge on any atom is 0.252 e. The molecule has 5 nitrogen and oxygen atoms in total. The molecular formula is C23H22BrN3O2. The predicted molar refractivity (Wildman–Crippen MR) is 117 cm³/mol. The molecule has 0 bridgehead atoms. The van der Waals surface area contributed by atoms with Gasteiger partial charge in [-0.1, -0.05) is 52.3 Å². The fraction of sp³-hybridized carbons (Fsp3) is 0.261. The van der Waals surface area contributed by atoms with E-state index in [-0.39, 0.29) is 5.91 Å². The van der Waals surface area contributed by atoms with E-state index < -0.39 is 11.9 Å². The average molecular weight is 452 g/mol. The number of hydrogen-bond acceptors (Lipinski definition) is 3. The Bertz CT molecular complexity index is 1080. The molecule has 148 valence electrons. The summed E-state index contributed by atoms with van der Waals surface area (Å²) in [6, 6.07) is 14.5. The van der Waals surface area contributed by atoms with Crippen LogP contribution in [0.1, 0.15) is 40.0 Å². The van der Waals surface area contributed by atoms with Gasteiger partial charge in [-0.05, 0) is 48.9 Å². The smallest absolute Gasteiger partial charge is 0.252 e. The molecule has 0 aliphatic heterocycles. The molecule has 6 heteroatoms. The molecule has 29 heavy (non-hydrogen) atoms. The van der Waals surface area contributed by atoms with Crippen LogP contribution in [-0.4, -0.2) is 22.8 Å². The molecule has 1 aliphatic rings. The summed E-state index contributed by atoms with van der Waals surface area (Å²) >= 11 is 3.48. The third kappa shape index (κ3) is 4.17. The summed E-state index contributed by atoms with van der Waals surface area (Å²) in [4.78, 5) is 30.2. The molecule has 0 spiro atoms. The van der Waals surface area contributed by atoms with Crippen molar-refractivity contribution in [1.29, 1.82) is 0 Å². The number of aromatic nitrogens is 1. The Morgan fingerprint density at radius 1 is 1.10 bits per heavy atom. The molecule has 0 radical (unpaired) electrons. The summed E-state index contributed by atoms with van der Waals surface area (Å²) in [6.07, 6.45) is 4.13. The molecule has 0 saturated carbocycles. The van der Waals surface area contributed by atoms with Crippen LogP contribution < -0.4 is 11.1 Å². The Morgan fingerprint density at radius 2 is 1.86 bits per heavy atom. The van der Waals surface area contributed by atoms with E-state index in [2.05, 4.69) is 21.2 Å². The van der Waals surface area contributed by atoms with Crippen LogP contribution in [0.2, 0.25) is 0 Å². The van der Waals surface area contributed by atoms with Crippen LogP contribution in [-0.2, 0) is 24.1 Å². The van der Waals surface area contributed by atoms with Crippen molar-refractivity contribution in [1.82, 2.24) is 10.3 Å². The highest BCUT2D eigenvalue weighted by atomic mass is 79.9. The van der Waals surface area contributed by atoms with Crippen molar-refractivity contribution in [3.63, 3.8) is 0 Å². The predicted octanol–water partition coefficient (Wildman–Crippen LogP) is 3.70. The third-order valence-corrected chi connectivity index (χ3v) is 5.88. The summed E-state index contributed by atoms with van der Waals surface area (Å²) in [6.45, 7) is 0. The van der Waals surface area contributed by atoms with Crippen LogP contribution in [0.4, 0.5) is 0 Å². The first-order chi connectivity index (χ1) is 14.0. The number of primary amides is 1. The van der Waals surface area contributed by atoms with Gasteiger partial charge in [-0.3, -0.25) is 14.6 Å². The van der Waals surface area contributed by atoms with Gasteiger partial charge in [-0.2, -0.15) is 0 Å². The number of nitrogens with zero attached hydrogens (tertiary/aromatic N) is 1. The first-order valence-corrected chi connectivity index (χ1v) is 10.6. The number of rotatable bonds is 5. The quantitative estimate of drug-likeness (QED) is 0.619. The Hall–Kier alpha value is -2.73. The summed E-state index contributed by atoms with van der Waals surface area (Å²) in [5.74, 6) is -0.810. The van der Waals surface area contributed by atoms with E-state index in [1.54, 1.807) is 0 Å². The number of nitrogens with one attached hydrogen (secondary N) is 1. The molecular weight excluding hydrogens is 430 g/mol. The summed E-state index contributed by atoms with van der Waals surface area (Å²) in [5, 5.41) is 3.69. The minimum Gasteiger partial charge on any atom is -0.368 e. The zero-order valence-electron chi connectivity index (χ0n) is 16.0. The number of carbonyl (C=O) groups excluding carboxylic acids is 2. The van der Waals surface area contributed by atoms with E-state index in [1.807, 2.05) is 48.5 Å². The lowest BCUT2D eigenvalue weighted by Crippen LogP contribution is -2.46. The number of fused-ring (bicyclic) bond motifs is 2. The standard InChI is InChI=1S/C23H22BrN3O2/c24-15-10-11-17-19(13-15)26-18-9-5-4-8-16(18)21(17)23(29)27-20(22(25)28)12-14-6-2-1-3-7-14/h1-3,6-7,10-11,13,20H,4-5,8-9,12H2,(H2,25,28)(H,27,29)/t20-/m0/s1. The van der Waals surface area contributed by atoms with E-state index in [0.717, 1.165) is 57.9 Å². The number of carbonyl (C=O) groups is 2. The average Bonchev–Trinajstić information content (AvgIpc) is 2.72. The number of nitrogens with two attached hydrogens (primary N) is 1. The molecule has 0 unspecified atom stereocenters. The normalized spacial score (nSPS) is 14.2. The highest BCUT2D eigenvalue weighted by Gasteiger charge is 2.26. The highest BCUT2D eigenvalue weighted by Crippen LogP contribution is 2.30. The molecule has 3 aromatic rings. The number of benzene rings is 2. The van der Waals surface area contributed by atoms with Crippen molar-refractivity contribution in [3.05, 3.63) is 75.4 Å². The fourth-order valence-corrected chi connectivity index (χ4v) is 4.31. The summed E-state index contributed by atoms with van der Waals surface area (Å²) in [7, 11) is 0. The van der Waals surface area contributed by atoms with E-state index in [0.29, 0.717) is 12.0 Å². The largest absolute Gasteiger partial charge is 0.368 e. The van der Waals surface area contributed by atoms with Gasteiger partial charge in [-0.15, -0.1) is 0 Å². The number of amides is 2. The van der Waals surface area contributed by atoms with E-state index in [9.17, 15) is 9.59 Å². The lowest BCUT2D eigenvalue weighted by molar-refractivity contribution is -0.119. The van der Waals surface area contributed by atoms with Crippen molar-refractivity contribution in [3.8, 4) is 0 Å². The van der Waals surface area contributed by atoms with Gasteiger partial charge >= 0.3 is 0 Å². The van der Waals surface area contributed by atoms with Crippen LogP contribution in [0.5, 0.6) is 0 Å². The van der Waals surface area contributed by atoms with Gasteiger partial charge in [0.15, 0.2) is 0 Å². The molecule has 2 amide bonds. The van der Waals surface area contributed by atoms with E-state index in [4.69, 9.17) is 10.7 Å². The second-order valence-electron chi connectivity index (χ2n) is 7.40. The SMILES string of the molecule is NC(=O)[C@H](Cc1ccccc1)NC(=O)c1c2c(nc3cc(Br)ccc13)CCCC2. The molecule has 0 fully saturated rings. The lowest BCUT2D eigenvalue weighted by atomic mass is 9.89. The number of aryl methyl sites for hydroxylation is 1. The first-order valence-electron chi connectivity index (χ1n) is 9.78. The number of halogens is 1. The molecule has 1 aliphatic carbocycles. The number of pyridine rings is 1. The molecule has 3 N–H and O–H groups in total. The van der Waals surface area contributed by atoms with Crippen molar-refractivity contribution in [2.24, 2.45) is 5.73 Å². The zero-order valence-corrected chi connectivity index (χ0v) is 17.5.